The second kappa shape index (κ2) is 6.94. The lowest BCUT2D eigenvalue weighted by Gasteiger charge is -2.30. The van der Waals surface area contributed by atoms with Gasteiger partial charge in [-0.2, -0.15) is 4.89 Å². The first kappa shape index (κ1) is 18.0. The third kappa shape index (κ3) is 5.64. The van der Waals surface area contributed by atoms with Gasteiger partial charge in [0.25, 0.3) is 0 Å². The summed E-state index contributed by atoms with van der Waals surface area (Å²) in [5, 5.41) is 9.18. The summed E-state index contributed by atoms with van der Waals surface area (Å²) < 4.78 is 0. The lowest BCUT2D eigenvalue weighted by molar-refractivity contribution is -0.335. The SMILES string of the molecule is CCCC(C)(C)C(OOC(C)(C)CC)=C(C)C(=O)O. The highest BCUT2D eigenvalue weighted by atomic mass is 17.2. The largest absolute Gasteiger partial charge is 0.478 e. The first-order valence-electron chi connectivity index (χ1n) is 6.87. The lowest BCUT2D eigenvalue weighted by Crippen LogP contribution is -2.27. The van der Waals surface area contributed by atoms with Crippen molar-refractivity contribution in [2.24, 2.45) is 5.41 Å². The average molecular weight is 272 g/mol. The van der Waals surface area contributed by atoms with Gasteiger partial charge in [-0.1, -0.05) is 34.1 Å². The van der Waals surface area contributed by atoms with Crippen LogP contribution in [0.15, 0.2) is 11.3 Å². The van der Waals surface area contributed by atoms with E-state index in [1.54, 1.807) is 6.92 Å². The summed E-state index contributed by atoms with van der Waals surface area (Å²) in [6.07, 6.45) is 2.56. The van der Waals surface area contributed by atoms with Gasteiger partial charge in [-0.05, 0) is 33.6 Å². The molecule has 0 amide bonds. The molecule has 0 rings (SSSR count). The van der Waals surface area contributed by atoms with Gasteiger partial charge in [-0.25, -0.2) is 4.79 Å². The van der Waals surface area contributed by atoms with E-state index in [9.17, 15) is 9.90 Å². The van der Waals surface area contributed by atoms with Crippen molar-refractivity contribution in [1.29, 1.82) is 0 Å². The molecule has 0 radical (unpaired) electrons. The fourth-order valence-electron chi connectivity index (χ4n) is 1.73. The molecule has 0 aliphatic heterocycles. The second-order valence-electron chi connectivity index (χ2n) is 6.17. The van der Waals surface area contributed by atoms with E-state index < -0.39 is 11.6 Å². The molecule has 0 aromatic rings. The summed E-state index contributed by atoms with van der Waals surface area (Å²) in [5.74, 6) is -0.569. The fourth-order valence-corrected chi connectivity index (χ4v) is 1.73. The summed E-state index contributed by atoms with van der Waals surface area (Å²) in [5.41, 5.74) is -0.599. The Labute approximate surface area is 116 Å². The third-order valence-corrected chi connectivity index (χ3v) is 3.35. The van der Waals surface area contributed by atoms with E-state index in [-0.39, 0.29) is 11.0 Å². The van der Waals surface area contributed by atoms with Gasteiger partial charge >= 0.3 is 5.97 Å². The van der Waals surface area contributed by atoms with Crippen LogP contribution in [0.1, 0.15) is 67.7 Å². The fraction of sp³-hybridized carbons (Fsp3) is 0.800. The molecule has 112 valence electrons. The highest BCUT2D eigenvalue weighted by Gasteiger charge is 2.31. The Morgan fingerprint density at radius 1 is 1.16 bits per heavy atom. The molecule has 4 nitrogen and oxygen atoms in total. The van der Waals surface area contributed by atoms with E-state index in [4.69, 9.17) is 9.78 Å². The average Bonchev–Trinajstić information content (AvgIpc) is 2.28. The molecule has 0 unspecified atom stereocenters. The van der Waals surface area contributed by atoms with E-state index in [1.807, 2.05) is 34.6 Å². The number of allylic oxidation sites excluding steroid dienone is 1. The minimum atomic E-state index is -0.975. The van der Waals surface area contributed by atoms with Crippen molar-refractivity contribution in [3.05, 3.63) is 11.3 Å². The van der Waals surface area contributed by atoms with Crippen molar-refractivity contribution >= 4 is 5.97 Å². The topological polar surface area (TPSA) is 55.8 Å². The molecule has 0 spiro atoms. The summed E-state index contributed by atoms with van der Waals surface area (Å²) in [6, 6.07) is 0. The molecule has 0 saturated heterocycles. The summed E-state index contributed by atoms with van der Waals surface area (Å²) in [4.78, 5) is 22.1. The molecule has 0 fully saturated rings. The third-order valence-electron chi connectivity index (χ3n) is 3.35. The van der Waals surface area contributed by atoms with Gasteiger partial charge in [-0.15, -0.1) is 0 Å². The molecule has 0 aliphatic rings. The molecule has 0 saturated carbocycles. The Hall–Kier alpha value is -1.03. The van der Waals surface area contributed by atoms with Crippen LogP contribution >= 0.6 is 0 Å². The van der Waals surface area contributed by atoms with E-state index in [0.29, 0.717) is 5.76 Å². The van der Waals surface area contributed by atoms with Crippen LogP contribution in [0.25, 0.3) is 0 Å². The van der Waals surface area contributed by atoms with Crippen molar-refractivity contribution in [2.45, 2.75) is 73.3 Å². The van der Waals surface area contributed by atoms with Crippen molar-refractivity contribution in [1.82, 2.24) is 0 Å². The number of carboxylic acid groups (broad SMARTS) is 1. The minimum Gasteiger partial charge on any atom is -0.478 e. The predicted molar refractivity (Wildman–Crippen MR) is 75.6 cm³/mol. The van der Waals surface area contributed by atoms with Crippen LogP contribution in [-0.2, 0) is 14.6 Å². The van der Waals surface area contributed by atoms with E-state index in [2.05, 4.69) is 6.92 Å². The van der Waals surface area contributed by atoms with Crippen molar-refractivity contribution in [3.63, 3.8) is 0 Å². The molecule has 0 heterocycles. The molecule has 4 heteroatoms. The van der Waals surface area contributed by atoms with Crippen LogP contribution in [0.3, 0.4) is 0 Å². The van der Waals surface area contributed by atoms with Crippen LogP contribution in [0.2, 0.25) is 0 Å². The zero-order valence-corrected chi connectivity index (χ0v) is 13.3. The molecular formula is C15H28O4. The maximum absolute atomic E-state index is 11.2. The van der Waals surface area contributed by atoms with Crippen molar-refractivity contribution in [2.75, 3.05) is 0 Å². The number of carbonyl (C=O) groups is 1. The summed E-state index contributed by atoms with van der Waals surface area (Å²) in [6.45, 7) is 13.4. The molecule has 1 N–H and O–H groups in total. The number of rotatable bonds is 8. The molecule has 0 atom stereocenters. The smallest absolute Gasteiger partial charge is 0.334 e. The zero-order valence-electron chi connectivity index (χ0n) is 13.3. The number of carboxylic acids is 1. The van der Waals surface area contributed by atoms with Gasteiger partial charge in [0, 0.05) is 5.41 Å². The van der Waals surface area contributed by atoms with Crippen LogP contribution < -0.4 is 0 Å². The first-order chi connectivity index (χ1) is 8.57. The minimum absolute atomic E-state index is 0.199. The van der Waals surface area contributed by atoms with E-state index in [0.717, 1.165) is 19.3 Å². The predicted octanol–water partition coefficient (Wildman–Crippen LogP) is 4.31. The highest BCUT2D eigenvalue weighted by molar-refractivity contribution is 5.86. The Morgan fingerprint density at radius 2 is 1.68 bits per heavy atom. The van der Waals surface area contributed by atoms with Crippen molar-refractivity contribution in [3.8, 4) is 0 Å². The van der Waals surface area contributed by atoms with Gasteiger partial charge in [0.05, 0.1) is 5.57 Å². The molecule has 0 aliphatic carbocycles. The maximum Gasteiger partial charge on any atom is 0.334 e. The Kier molecular flexibility index (Phi) is 6.57. The molecule has 0 aromatic heterocycles. The number of hydrogen-bond donors (Lipinski definition) is 1. The monoisotopic (exact) mass is 272 g/mol. The molecule has 0 aromatic carbocycles. The summed E-state index contributed by atoms with van der Waals surface area (Å²) in [7, 11) is 0. The quantitative estimate of drug-likeness (QED) is 0.309. The van der Waals surface area contributed by atoms with Gasteiger partial charge in [-0.3, -0.25) is 0 Å². The Morgan fingerprint density at radius 3 is 2.05 bits per heavy atom. The van der Waals surface area contributed by atoms with Crippen LogP contribution in [0.5, 0.6) is 0 Å². The van der Waals surface area contributed by atoms with Crippen LogP contribution in [-0.4, -0.2) is 16.7 Å². The van der Waals surface area contributed by atoms with E-state index >= 15 is 0 Å². The lowest BCUT2D eigenvalue weighted by atomic mass is 9.84. The number of hydrogen-bond acceptors (Lipinski definition) is 3. The summed E-state index contributed by atoms with van der Waals surface area (Å²) >= 11 is 0. The maximum atomic E-state index is 11.2. The first-order valence-corrected chi connectivity index (χ1v) is 6.87. The second-order valence-corrected chi connectivity index (χ2v) is 6.17. The normalized spacial score (nSPS) is 14.1. The van der Waals surface area contributed by atoms with Gasteiger partial charge < -0.3 is 9.99 Å². The van der Waals surface area contributed by atoms with Crippen LogP contribution in [0.4, 0.5) is 0 Å². The van der Waals surface area contributed by atoms with Gasteiger partial charge in [0.1, 0.15) is 5.60 Å². The number of aliphatic carboxylic acids is 1. The van der Waals surface area contributed by atoms with Crippen molar-refractivity contribution < 1.29 is 19.7 Å². The molecule has 19 heavy (non-hydrogen) atoms. The molecule has 0 bridgehead atoms. The highest BCUT2D eigenvalue weighted by Crippen LogP contribution is 2.35. The van der Waals surface area contributed by atoms with Crippen LogP contribution in [0, 0.1) is 5.41 Å². The van der Waals surface area contributed by atoms with Gasteiger partial charge in [0.15, 0.2) is 5.76 Å². The standard InChI is InChI=1S/C15H28O4/c1-8-10-14(4,5)12(11(3)13(16)17)18-19-15(6,7)9-2/h8-10H2,1-7H3,(H,16,17). The molecular weight excluding hydrogens is 244 g/mol. The van der Waals surface area contributed by atoms with E-state index in [1.165, 1.54) is 0 Å². The zero-order chi connectivity index (χ0) is 15.3. The Bertz CT molecular complexity index is 340. The van der Waals surface area contributed by atoms with Gasteiger partial charge in [0.2, 0.25) is 0 Å². The Balaban J connectivity index is 5.23.